The standard InChI is InChI=1S/C24H38N2O7S/c1-23(2,3)34-14-17(22(31)33-7)26-21(30)16(13-20(28)29)25-11-10-24(4,5)15-8-9-19(32-6)18(27)12-15/h8-9,12,16-17,25,27H,10-11,13-14H2,1-7H3,(H,26,30)(H,28,29)/t16-,17-/m0/s1. The Bertz CT molecular complexity index is 852. The molecule has 9 nitrogen and oxygen atoms in total. The van der Waals surface area contributed by atoms with Gasteiger partial charge in [-0.2, -0.15) is 11.8 Å². The second kappa shape index (κ2) is 12.9. The van der Waals surface area contributed by atoms with Crippen LogP contribution in [-0.4, -0.2) is 71.4 Å². The molecule has 0 radical (unpaired) electrons. The summed E-state index contributed by atoms with van der Waals surface area (Å²) >= 11 is 1.49. The van der Waals surface area contributed by atoms with E-state index in [2.05, 4.69) is 10.6 Å². The number of rotatable bonds is 13. The van der Waals surface area contributed by atoms with Crippen LogP contribution in [0.25, 0.3) is 0 Å². The molecular weight excluding hydrogens is 460 g/mol. The van der Waals surface area contributed by atoms with Crippen molar-refractivity contribution in [2.24, 2.45) is 0 Å². The van der Waals surface area contributed by atoms with Crippen molar-refractivity contribution in [3.8, 4) is 11.5 Å². The molecule has 0 unspecified atom stereocenters. The number of aliphatic carboxylic acids is 1. The molecule has 0 heterocycles. The second-order valence-electron chi connectivity index (χ2n) is 9.63. The van der Waals surface area contributed by atoms with E-state index in [1.165, 1.54) is 26.0 Å². The topological polar surface area (TPSA) is 134 Å². The number of carbonyl (C=O) groups is 3. The molecule has 0 aliphatic rings. The average molecular weight is 499 g/mol. The monoisotopic (exact) mass is 498 g/mol. The van der Waals surface area contributed by atoms with Crippen LogP contribution in [-0.2, 0) is 24.5 Å². The summed E-state index contributed by atoms with van der Waals surface area (Å²) < 4.78 is 9.76. The fraction of sp³-hybridized carbons (Fsp3) is 0.625. The minimum absolute atomic E-state index is 0.0335. The van der Waals surface area contributed by atoms with Crippen LogP contribution in [0, 0.1) is 0 Å². The molecule has 0 aliphatic carbocycles. The van der Waals surface area contributed by atoms with Gasteiger partial charge in [0.25, 0.3) is 0 Å². The molecule has 1 amide bonds. The van der Waals surface area contributed by atoms with Gasteiger partial charge in [0.2, 0.25) is 5.91 Å². The summed E-state index contributed by atoms with van der Waals surface area (Å²) in [5.41, 5.74) is 0.496. The highest BCUT2D eigenvalue weighted by molar-refractivity contribution is 8.00. The summed E-state index contributed by atoms with van der Waals surface area (Å²) in [4.78, 5) is 36.4. The normalized spacial score (nSPS) is 13.6. The molecule has 34 heavy (non-hydrogen) atoms. The number of benzene rings is 1. The van der Waals surface area contributed by atoms with Crippen LogP contribution in [0.4, 0.5) is 0 Å². The van der Waals surface area contributed by atoms with Gasteiger partial charge in [-0.05, 0) is 36.1 Å². The first-order chi connectivity index (χ1) is 15.7. The summed E-state index contributed by atoms with van der Waals surface area (Å²) in [7, 11) is 2.72. The molecule has 0 saturated carbocycles. The summed E-state index contributed by atoms with van der Waals surface area (Å²) in [6, 6.07) is 3.26. The molecule has 1 aromatic carbocycles. The highest BCUT2D eigenvalue weighted by atomic mass is 32.2. The lowest BCUT2D eigenvalue weighted by molar-refractivity contribution is -0.145. The fourth-order valence-electron chi connectivity index (χ4n) is 3.16. The Hall–Kier alpha value is -2.46. The maximum atomic E-state index is 12.9. The average Bonchev–Trinajstić information content (AvgIpc) is 2.74. The maximum Gasteiger partial charge on any atom is 0.329 e. The van der Waals surface area contributed by atoms with Gasteiger partial charge in [0, 0.05) is 10.5 Å². The van der Waals surface area contributed by atoms with Crippen molar-refractivity contribution in [1.29, 1.82) is 0 Å². The number of esters is 1. The Balaban J connectivity index is 2.85. The Kier molecular flexibility index (Phi) is 11.2. The second-order valence-corrected chi connectivity index (χ2v) is 11.5. The molecule has 10 heteroatoms. The summed E-state index contributed by atoms with van der Waals surface area (Å²) in [5, 5.41) is 25.0. The first-order valence-corrected chi connectivity index (χ1v) is 12.0. The van der Waals surface area contributed by atoms with Crippen molar-refractivity contribution in [3.63, 3.8) is 0 Å². The number of ether oxygens (including phenoxy) is 2. The molecule has 1 rings (SSSR count). The smallest absolute Gasteiger partial charge is 0.329 e. The molecule has 4 N–H and O–H groups in total. The predicted octanol–water partition coefficient (Wildman–Crippen LogP) is 2.69. The van der Waals surface area contributed by atoms with E-state index in [1.54, 1.807) is 12.1 Å². The van der Waals surface area contributed by atoms with Crippen molar-refractivity contribution >= 4 is 29.6 Å². The van der Waals surface area contributed by atoms with Gasteiger partial charge in [-0.15, -0.1) is 0 Å². The number of amides is 1. The van der Waals surface area contributed by atoms with E-state index in [-0.39, 0.29) is 15.9 Å². The van der Waals surface area contributed by atoms with Gasteiger partial charge in [-0.3, -0.25) is 9.59 Å². The van der Waals surface area contributed by atoms with Gasteiger partial charge in [-0.1, -0.05) is 40.7 Å². The third-order valence-corrected chi connectivity index (χ3v) is 6.65. The molecule has 0 fully saturated rings. The van der Waals surface area contributed by atoms with Crippen LogP contribution in [0.1, 0.15) is 53.0 Å². The molecule has 192 valence electrons. The Morgan fingerprint density at radius 2 is 1.74 bits per heavy atom. The van der Waals surface area contributed by atoms with Crippen LogP contribution >= 0.6 is 11.8 Å². The zero-order chi connectivity index (χ0) is 26.1. The number of nitrogens with one attached hydrogen (secondary N) is 2. The fourth-order valence-corrected chi connectivity index (χ4v) is 4.05. The lowest BCUT2D eigenvalue weighted by atomic mass is 9.81. The Morgan fingerprint density at radius 1 is 1.09 bits per heavy atom. The van der Waals surface area contributed by atoms with E-state index < -0.39 is 36.4 Å². The van der Waals surface area contributed by atoms with E-state index in [4.69, 9.17) is 9.47 Å². The minimum Gasteiger partial charge on any atom is -0.504 e. The molecule has 0 saturated heterocycles. The Labute approximate surface area is 206 Å². The number of phenols is 1. The maximum absolute atomic E-state index is 12.9. The van der Waals surface area contributed by atoms with E-state index in [1.807, 2.05) is 40.7 Å². The summed E-state index contributed by atoms with van der Waals surface area (Å²) in [6.07, 6.45) is 0.123. The number of thioether (sulfide) groups is 1. The van der Waals surface area contributed by atoms with Gasteiger partial charge in [0.05, 0.1) is 26.7 Å². The lowest BCUT2D eigenvalue weighted by Gasteiger charge is -2.28. The van der Waals surface area contributed by atoms with Gasteiger partial charge in [-0.25, -0.2) is 4.79 Å². The molecule has 0 aliphatic heterocycles. The van der Waals surface area contributed by atoms with E-state index >= 15 is 0 Å². The van der Waals surface area contributed by atoms with Gasteiger partial charge < -0.3 is 30.3 Å². The first kappa shape index (κ1) is 29.6. The number of phenolic OH excluding ortho intramolecular Hbond substituents is 1. The van der Waals surface area contributed by atoms with Crippen LogP contribution in [0.3, 0.4) is 0 Å². The van der Waals surface area contributed by atoms with Gasteiger partial charge in [0.1, 0.15) is 6.04 Å². The number of carboxylic acid groups (broad SMARTS) is 1. The zero-order valence-corrected chi connectivity index (χ0v) is 21.9. The lowest BCUT2D eigenvalue weighted by Crippen LogP contribution is -2.52. The summed E-state index contributed by atoms with van der Waals surface area (Å²) in [6.45, 7) is 10.3. The third kappa shape index (κ3) is 9.80. The summed E-state index contributed by atoms with van der Waals surface area (Å²) in [5.74, 6) is -1.58. The Morgan fingerprint density at radius 3 is 2.24 bits per heavy atom. The molecule has 0 spiro atoms. The van der Waals surface area contributed by atoms with Crippen molar-refractivity contribution in [2.45, 2.75) is 69.7 Å². The molecule has 0 bridgehead atoms. The number of carbonyl (C=O) groups excluding carboxylic acids is 2. The van der Waals surface area contributed by atoms with Crippen molar-refractivity contribution in [2.75, 3.05) is 26.5 Å². The predicted molar refractivity (Wildman–Crippen MR) is 133 cm³/mol. The first-order valence-electron chi connectivity index (χ1n) is 11.0. The van der Waals surface area contributed by atoms with Crippen molar-refractivity contribution in [1.82, 2.24) is 10.6 Å². The van der Waals surface area contributed by atoms with Crippen LogP contribution in [0.5, 0.6) is 11.5 Å². The number of methoxy groups -OCH3 is 2. The minimum atomic E-state index is -1.13. The molecular formula is C24H38N2O7S. The van der Waals surface area contributed by atoms with Gasteiger partial charge in [0.15, 0.2) is 11.5 Å². The number of hydrogen-bond donors (Lipinski definition) is 4. The quantitative estimate of drug-likeness (QED) is 0.303. The highest BCUT2D eigenvalue weighted by Crippen LogP contribution is 2.34. The third-order valence-electron chi connectivity index (χ3n) is 5.28. The number of carboxylic acids is 1. The van der Waals surface area contributed by atoms with Crippen LogP contribution in [0.15, 0.2) is 18.2 Å². The zero-order valence-electron chi connectivity index (χ0n) is 21.1. The highest BCUT2D eigenvalue weighted by Gasteiger charge is 2.30. The molecule has 2 atom stereocenters. The van der Waals surface area contributed by atoms with E-state index in [0.29, 0.717) is 24.5 Å². The van der Waals surface area contributed by atoms with E-state index in [9.17, 15) is 24.6 Å². The number of aromatic hydroxyl groups is 1. The number of hydrogen-bond acceptors (Lipinski definition) is 8. The van der Waals surface area contributed by atoms with Gasteiger partial charge >= 0.3 is 11.9 Å². The molecule has 0 aromatic heterocycles. The van der Waals surface area contributed by atoms with Crippen molar-refractivity contribution < 1.29 is 34.1 Å². The SMILES string of the molecule is COC(=O)[C@H](CSC(C)(C)C)NC(=O)[C@H](CC(=O)O)NCCC(C)(C)c1ccc(OC)c(O)c1. The van der Waals surface area contributed by atoms with Crippen molar-refractivity contribution in [3.05, 3.63) is 23.8 Å². The van der Waals surface area contributed by atoms with Crippen LogP contribution in [0.2, 0.25) is 0 Å². The van der Waals surface area contributed by atoms with Crippen LogP contribution < -0.4 is 15.4 Å². The van der Waals surface area contributed by atoms with E-state index in [0.717, 1.165) is 5.56 Å². The largest absolute Gasteiger partial charge is 0.504 e. The molecule has 1 aromatic rings.